The Morgan fingerprint density at radius 3 is 2.33 bits per heavy atom. The molecule has 0 aliphatic heterocycles. The molecule has 0 fully saturated rings. The van der Waals surface area contributed by atoms with Crippen molar-refractivity contribution in [3.63, 3.8) is 0 Å². The van der Waals surface area contributed by atoms with E-state index < -0.39 is 33.2 Å². The first-order valence-corrected chi connectivity index (χ1v) is 11.0. The Morgan fingerprint density at radius 1 is 1.00 bits per heavy atom. The summed E-state index contributed by atoms with van der Waals surface area (Å²) in [6, 6.07) is 7.26. The molecule has 0 saturated heterocycles. The number of hydrogen-bond acceptors (Lipinski definition) is 4. The van der Waals surface area contributed by atoms with Crippen LogP contribution in [0.15, 0.2) is 46.0 Å². The summed E-state index contributed by atoms with van der Waals surface area (Å²) in [4.78, 5) is 0. The maximum Gasteiger partial charge on any atom is 0.272 e. The van der Waals surface area contributed by atoms with Crippen LogP contribution in [0.5, 0.6) is 0 Å². The topological polar surface area (TPSA) is 58.2 Å². The van der Waals surface area contributed by atoms with Crippen LogP contribution in [0.1, 0.15) is 0 Å². The molecule has 142 valence electrons. The van der Waals surface area contributed by atoms with Gasteiger partial charge in [0.2, 0.25) is 0 Å². The normalized spacial score (nSPS) is 11.4. The Bertz CT molecular complexity index is 1120. The largest absolute Gasteiger partial charge is 0.349 e. The van der Waals surface area contributed by atoms with Crippen LogP contribution >= 0.6 is 45.5 Å². The highest BCUT2D eigenvalue weighted by Gasteiger charge is 2.23. The van der Waals surface area contributed by atoms with E-state index in [9.17, 15) is 21.6 Å². The van der Waals surface area contributed by atoms with E-state index in [1.807, 2.05) is 22.6 Å². The van der Waals surface area contributed by atoms with Gasteiger partial charge in [-0.3, -0.25) is 4.72 Å². The molecule has 11 heteroatoms. The van der Waals surface area contributed by atoms with Crippen LogP contribution in [-0.2, 0) is 10.0 Å². The second-order valence-electron chi connectivity index (χ2n) is 5.19. The van der Waals surface area contributed by atoms with Crippen molar-refractivity contribution in [2.45, 2.75) is 4.21 Å². The van der Waals surface area contributed by atoms with Crippen LogP contribution in [0, 0.1) is 21.0 Å². The summed E-state index contributed by atoms with van der Waals surface area (Å²) in [6.45, 7) is 0. The molecule has 27 heavy (non-hydrogen) atoms. The van der Waals surface area contributed by atoms with Gasteiger partial charge in [-0.1, -0.05) is 11.6 Å². The minimum atomic E-state index is -4.15. The Hall–Kier alpha value is -1.50. The smallest absolute Gasteiger partial charge is 0.272 e. The zero-order valence-corrected chi connectivity index (χ0v) is 17.6. The van der Waals surface area contributed by atoms with Crippen molar-refractivity contribution in [3.8, 4) is 0 Å². The van der Waals surface area contributed by atoms with E-state index in [1.54, 1.807) is 6.07 Å². The maximum atomic E-state index is 14.3. The van der Waals surface area contributed by atoms with E-state index in [0.29, 0.717) is 3.57 Å². The van der Waals surface area contributed by atoms with Gasteiger partial charge < -0.3 is 5.32 Å². The van der Waals surface area contributed by atoms with Crippen molar-refractivity contribution >= 4 is 72.6 Å². The molecule has 2 N–H and O–H groups in total. The number of sulfonamides is 1. The molecule has 0 aliphatic rings. The fourth-order valence-electron chi connectivity index (χ4n) is 2.15. The molecule has 0 aliphatic carbocycles. The zero-order valence-electron chi connectivity index (χ0n) is 13.1. The van der Waals surface area contributed by atoms with Crippen LogP contribution in [0.2, 0.25) is 5.02 Å². The van der Waals surface area contributed by atoms with Gasteiger partial charge in [0.1, 0.15) is 11.5 Å². The van der Waals surface area contributed by atoms with E-state index >= 15 is 0 Å². The van der Waals surface area contributed by atoms with Gasteiger partial charge in [0, 0.05) is 3.57 Å². The summed E-state index contributed by atoms with van der Waals surface area (Å²) in [5, 5.41) is 3.88. The molecule has 1 heterocycles. The molecule has 0 amide bonds. The van der Waals surface area contributed by atoms with Gasteiger partial charge in [0.05, 0.1) is 16.4 Å². The minimum Gasteiger partial charge on any atom is -0.349 e. The molecule has 0 spiro atoms. The number of nitrogens with one attached hydrogen (secondary N) is 2. The average Bonchev–Trinajstić information content (AvgIpc) is 3.03. The second-order valence-corrected chi connectivity index (χ2v) is 9.64. The van der Waals surface area contributed by atoms with Gasteiger partial charge >= 0.3 is 0 Å². The summed E-state index contributed by atoms with van der Waals surface area (Å²) in [6.07, 6.45) is 0. The van der Waals surface area contributed by atoms with Gasteiger partial charge in [-0.2, -0.15) is 0 Å². The van der Waals surface area contributed by atoms with Gasteiger partial charge in [-0.25, -0.2) is 21.6 Å². The molecule has 0 saturated carbocycles. The second kappa shape index (κ2) is 7.86. The number of rotatable bonds is 5. The van der Waals surface area contributed by atoms with Crippen molar-refractivity contribution in [1.82, 2.24) is 0 Å². The number of thiophene rings is 1. The third kappa shape index (κ3) is 4.33. The lowest BCUT2D eigenvalue weighted by Gasteiger charge is -2.15. The molecule has 3 aromatic rings. The van der Waals surface area contributed by atoms with Crippen molar-refractivity contribution in [2.75, 3.05) is 10.0 Å². The number of benzene rings is 2. The predicted octanol–water partition coefficient (Wildman–Crippen LogP) is 5.97. The highest BCUT2D eigenvalue weighted by molar-refractivity contribution is 14.1. The van der Waals surface area contributed by atoms with Crippen LogP contribution in [-0.4, -0.2) is 8.42 Å². The molecule has 0 atom stereocenters. The van der Waals surface area contributed by atoms with Gasteiger partial charge in [0.15, 0.2) is 15.8 Å². The number of hydrogen-bond donors (Lipinski definition) is 2. The zero-order chi connectivity index (χ0) is 19.8. The number of anilines is 3. The maximum absolute atomic E-state index is 14.3. The summed E-state index contributed by atoms with van der Waals surface area (Å²) < 4.78 is 69.7. The standard InChI is InChI=1S/C16H9ClF3IN2O2S2/c17-9-5-6-26-16(9)27(24,25)23-13-4-2-10(18)14(20)15(13)22-12-3-1-8(21)7-11(12)19/h1-7,22-23H. The summed E-state index contributed by atoms with van der Waals surface area (Å²) in [7, 11) is -4.15. The quantitative estimate of drug-likeness (QED) is 0.389. The first-order chi connectivity index (χ1) is 12.7. The van der Waals surface area contributed by atoms with E-state index in [0.717, 1.165) is 23.5 Å². The van der Waals surface area contributed by atoms with E-state index in [-0.39, 0.29) is 20.6 Å². The van der Waals surface area contributed by atoms with Crippen LogP contribution < -0.4 is 10.0 Å². The summed E-state index contributed by atoms with van der Waals surface area (Å²) >= 11 is 8.60. The van der Waals surface area contributed by atoms with Gasteiger partial charge in [-0.15, -0.1) is 11.3 Å². The highest BCUT2D eigenvalue weighted by atomic mass is 127. The molecule has 3 rings (SSSR count). The van der Waals surface area contributed by atoms with E-state index in [2.05, 4.69) is 10.0 Å². The van der Waals surface area contributed by atoms with E-state index in [1.165, 1.54) is 23.6 Å². The van der Waals surface area contributed by atoms with Crippen molar-refractivity contribution in [1.29, 1.82) is 0 Å². The SMILES string of the molecule is O=S(=O)(Nc1ccc(F)c(F)c1Nc1ccc(I)cc1F)c1sccc1Cl. The Morgan fingerprint density at radius 2 is 1.70 bits per heavy atom. The molecule has 1 aromatic heterocycles. The molecule has 2 aromatic carbocycles. The highest BCUT2D eigenvalue weighted by Crippen LogP contribution is 2.35. The molecule has 0 radical (unpaired) electrons. The molecule has 0 unspecified atom stereocenters. The number of halogens is 5. The van der Waals surface area contributed by atoms with E-state index in [4.69, 9.17) is 11.6 Å². The van der Waals surface area contributed by atoms with Gasteiger partial charge in [-0.05, 0) is 64.4 Å². The molecular formula is C16H9ClF3IN2O2S2. The Labute approximate surface area is 175 Å². The fourth-order valence-corrected chi connectivity index (χ4v) is 5.36. The summed E-state index contributed by atoms with van der Waals surface area (Å²) in [5.41, 5.74) is -0.989. The monoisotopic (exact) mass is 544 g/mol. The van der Waals surface area contributed by atoms with Crippen molar-refractivity contribution < 1.29 is 21.6 Å². The Balaban J connectivity index is 2.04. The fraction of sp³-hybridized carbons (Fsp3) is 0. The lowest BCUT2D eigenvalue weighted by atomic mass is 10.2. The minimum absolute atomic E-state index is 0.00623. The molecule has 4 nitrogen and oxygen atoms in total. The van der Waals surface area contributed by atoms with Crippen LogP contribution in [0.3, 0.4) is 0 Å². The first kappa shape index (κ1) is 20.2. The third-order valence-electron chi connectivity index (χ3n) is 3.36. The average molecular weight is 545 g/mol. The lowest BCUT2D eigenvalue weighted by Crippen LogP contribution is -2.14. The third-order valence-corrected chi connectivity index (χ3v) is 7.42. The van der Waals surface area contributed by atoms with Crippen molar-refractivity contribution in [2.24, 2.45) is 0 Å². The molecular weight excluding hydrogens is 536 g/mol. The molecule has 0 bridgehead atoms. The first-order valence-electron chi connectivity index (χ1n) is 7.15. The van der Waals surface area contributed by atoms with Crippen LogP contribution in [0.4, 0.5) is 30.2 Å². The van der Waals surface area contributed by atoms with Crippen molar-refractivity contribution in [3.05, 3.63) is 67.8 Å². The summed E-state index contributed by atoms with van der Waals surface area (Å²) in [5.74, 6) is -3.29. The predicted molar refractivity (Wildman–Crippen MR) is 109 cm³/mol. The van der Waals surface area contributed by atoms with Gasteiger partial charge in [0.25, 0.3) is 10.0 Å². The Kier molecular flexibility index (Phi) is 5.89. The lowest BCUT2D eigenvalue weighted by molar-refractivity contribution is 0.512. The van der Waals surface area contributed by atoms with Crippen LogP contribution in [0.25, 0.3) is 0 Å².